The summed E-state index contributed by atoms with van der Waals surface area (Å²) in [4.78, 5) is 10.9. The number of rotatable bonds is 4. The molecule has 0 atom stereocenters. The van der Waals surface area contributed by atoms with Crippen LogP contribution in [0.3, 0.4) is 0 Å². The van der Waals surface area contributed by atoms with Gasteiger partial charge in [0.25, 0.3) is 0 Å². The highest BCUT2D eigenvalue weighted by molar-refractivity contribution is 5.91. The summed E-state index contributed by atoms with van der Waals surface area (Å²) in [6, 6.07) is 17.2. The first-order valence-electron chi connectivity index (χ1n) is 5.76. The van der Waals surface area contributed by atoms with Crippen LogP contribution in [0.15, 0.2) is 60.7 Å². The van der Waals surface area contributed by atoms with Crippen LogP contribution < -0.4 is 4.74 Å². The van der Waals surface area contributed by atoms with E-state index in [1.165, 1.54) is 6.92 Å². The van der Waals surface area contributed by atoms with Gasteiger partial charge in [-0.05, 0) is 42.8 Å². The molecule has 0 aliphatic heterocycles. The summed E-state index contributed by atoms with van der Waals surface area (Å²) in [7, 11) is 0. The summed E-state index contributed by atoms with van der Waals surface area (Å²) in [6.07, 6.45) is 3.32. The molecule has 0 N–H and O–H groups in total. The van der Waals surface area contributed by atoms with Gasteiger partial charge in [0.05, 0.1) is 0 Å². The van der Waals surface area contributed by atoms with E-state index in [0.717, 1.165) is 17.1 Å². The summed E-state index contributed by atoms with van der Waals surface area (Å²) in [5.74, 6) is 1.58. The van der Waals surface area contributed by atoms with E-state index in [0.29, 0.717) is 0 Å². The van der Waals surface area contributed by atoms with E-state index in [9.17, 15) is 4.79 Å². The van der Waals surface area contributed by atoms with E-state index < -0.39 is 0 Å². The predicted molar refractivity (Wildman–Crippen MR) is 72.7 cm³/mol. The van der Waals surface area contributed by atoms with Crippen LogP contribution in [-0.2, 0) is 4.79 Å². The Morgan fingerprint density at radius 1 is 1.00 bits per heavy atom. The number of carbonyl (C=O) groups is 1. The van der Waals surface area contributed by atoms with Crippen molar-refractivity contribution >= 4 is 11.9 Å². The number of ketones is 1. The molecule has 2 rings (SSSR count). The van der Waals surface area contributed by atoms with Crippen molar-refractivity contribution < 1.29 is 9.53 Å². The molecule has 0 fully saturated rings. The number of benzene rings is 2. The minimum Gasteiger partial charge on any atom is -0.457 e. The first kappa shape index (κ1) is 12.1. The Balaban J connectivity index is 2.15. The predicted octanol–water partition coefficient (Wildman–Crippen LogP) is 4.08. The molecule has 0 unspecified atom stereocenters. The average Bonchev–Trinajstić information content (AvgIpc) is 2.38. The Hall–Kier alpha value is -2.35. The van der Waals surface area contributed by atoms with Crippen LogP contribution in [-0.4, -0.2) is 5.78 Å². The molecule has 2 aromatic rings. The minimum absolute atomic E-state index is 0.0318. The zero-order valence-electron chi connectivity index (χ0n) is 10.2. The van der Waals surface area contributed by atoms with Crippen LogP contribution in [0.4, 0.5) is 0 Å². The van der Waals surface area contributed by atoms with Crippen LogP contribution in [0.5, 0.6) is 11.5 Å². The Kier molecular flexibility index (Phi) is 3.92. The fourth-order valence-corrected chi connectivity index (χ4v) is 1.52. The van der Waals surface area contributed by atoms with Gasteiger partial charge in [-0.1, -0.05) is 36.4 Å². The maximum absolute atomic E-state index is 10.9. The van der Waals surface area contributed by atoms with Gasteiger partial charge in [0.2, 0.25) is 0 Å². The largest absolute Gasteiger partial charge is 0.457 e. The van der Waals surface area contributed by atoms with Gasteiger partial charge in [-0.2, -0.15) is 0 Å². The molecular formula is C16H14O2. The standard InChI is InChI=1S/C16H14O2/c1-13(17)10-11-14-6-5-9-16(12-14)18-15-7-3-2-4-8-15/h2-12H,1H3. The van der Waals surface area contributed by atoms with E-state index in [-0.39, 0.29) is 5.78 Å². The van der Waals surface area contributed by atoms with Crippen LogP contribution >= 0.6 is 0 Å². The second-order valence-electron chi connectivity index (χ2n) is 3.93. The first-order valence-corrected chi connectivity index (χ1v) is 5.76. The van der Waals surface area contributed by atoms with Gasteiger partial charge in [-0.25, -0.2) is 0 Å². The highest BCUT2D eigenvalue weighted by Gasteiger charge is 1.97. The van der Waals surface area contributed by atoms with Crippen LogP contribution in [0.2, 0.25) is 0 Å². The van der Waals surface area contributed by atoms with Gasteiger partial charge in [0.15, 0.2) is 5.78 Å². The van der Waals surface area contributed by atoms with Crippen molar-refractivity contribution in [2.24, 2.45) is 0 Å². The molecule has 2 heteroatoms. The lowest BCUT2D eigenvalue weighted by molar-refractivity contribution is -0.112. The Morgan fingerprint density at radius 3 is 2.44 bits per heavy atom. The van der Waals surface area contributed by atoms with Crippen molar-refractivity contribution in [2.75, 3.05) is 0 Å². The molecule has 90 valence electrons. The van der Waals surface area contributed by atoms with Gasteiger partial charge in [0, 0.05) is 0 Å². The molecule has 0 spiro atoms. The van der Waals surface area contributed by atoms with Crippen LogP contribution in [0.25, 0.3) is 6.08 Å². The number of hydrogen-bond acceptors (Lipinski definition) is 2. The lowest BCUT2D eigenvalue weighted by Gasteiger charge is -2.05. The van der Waals surface area contributed by atoms with Gasteiger partial charge in [-0.15, -0.1) is 0 Å². The van der Waals surface area contributed by atoms with Gasteiger partial charge in [-0.3, -0.25) is 4.79 Å². The smallest absolute Gasteiger partial charge is 0.152 e. The van der Waals surface area contributed by atoms with E-state index in [1.807, 2.05) is 54.6 Å². The zero-order valence-corrected chi connectivity index (χ0v) is 10.2. The molecule has 0 aliphatic rings. The quantitative estimate of drug-likeness (QED) is 0.750. The molecule has 2 aromatic carbocycles. The Labute approximate surface area is 107 Å². The van der Waals surface area contributed by atoms with Crippen molar-refractivity contribution in [3.8, 4) is 11.5 Å². The molecular weight excluding hydrogens is 224 g/mol. The second-order valence-corrected chi connectivity index (χ2v) is 3.93. The Morgan fingerprint density at radius 2 is 1.72 bits per heavy atom. The lowest BCUT2D eigenvalue weighted by Crippen LogP contribution is -1.85. The maximum atomic E-state index is 10.9. The average molecular weight is 238 g/mol. The van der Waals surface area contributed by atoms with E-state index in [1.54, 1.807) is 12.2 Å². The minimum atomic E-state index is 0.0318. The highest BCUT2D eigenvalue weighted by atomic mass is 16.5. The SMILES string of the molecule is CC(=O)C=Cc1cccc(Oc2ccccc2)c1. The van der Waals surface area contributed by atoms with Crippen molar-refractivity contribution in [1.82, 2.24) is 0 Å². The molecule has 0 radical (unpaired) electrons. The first-order chi connectivity index (χ1) is 8.74. The Bertz CT molecular complexity index is 556. The summed E-state index contributed by atoms with van der Waals surface area (Å²) < 4.78 is 5.71. The van der Waals surface area contributed by atoms with Crippen LogP contribution in [0.1, 0.15) is 12.5 Å². The lowest BCUT2D eigenvalue weighted by atomic mass is 10.2. The number of carbonyl (C=O) groups excluding carboxylic acids is 1. The monoisotopic (exact) mass is 238 g/mol. The zero-order chi connectivity index (χ0) is 12.8. The number of para-hydroxylation sites is 1. The van der Waals surface area contributed by atoms with Crippen LogP contribution in [0, 0.1) is 0 Å². The van der Waals surface area contributed by atoms with Gasteiger partial charge in [0.1, 0.15) is 11.5 Å². The van der Waals surface area contributed by atoms with E-state index in [4.69, 9.17) is 4.74 Å². The van der Waals surface area contributed by atoms with E-state index in [2.05, 4.69) is 0 Å². The third-order valence-corrected chi connectivity index (χ3v) is 2.35. The number of ether oxygens (including phenoxy) is 1. The number of allylic oxidation sites excluding steroid dienone is 1. The summed E-state index contributed by atoms with van der Waals surface area (Å²) >= 11 is 0. The topological polar surface area (TPSA) is 26.3 Å². The number of hydrogen-bond donors (Lipinski definition) is 0. The summed E-state index contributed by atoms with van der Waals surface area (Å²) in [6.45, 7) is 1.53. The highest BCUT2D eigenvalue weighted by Crippen LogP contribution is 2.22. The molecule has 0 aliphatic carbocycles. The molecule has 0 saturated carbocycles. The van der Waals surface area contributed by atoms with Crippen molar-refractivity contribution in [3.63, 3.8) is 0 Å². The molecule has 2 nitrogen and oxygen atoms in total. The fourth-order valence-electron chi connectivity index (χ4n) is 1.52. The molecule has 18 heavy (non-hydrogen) atoms. The summed E-state index contributed by atoms with van der Waals surface area (Å²) in [5, 5.41) is 0. The molecule has 0 saturated heterocycles. The van der Waals surface area contributed by atoms with E-state index >= 15 is 0 Å². The van der Waals surface area contributed by atoms with Gasteiger partial charge < -0.3 is 4.74 Å². The summed E-state index contributed by atoms with van der Waals surface area (Å²) in [5.41, 5.74) is 0.943. The van der Waals surface area contributed by atoms with Crippen molar-refractivity contribution in [3.05, 3.63) is 66.2 Å². The molecule has 0 heterocycles. The maximum Gasteiger partial charge on any atom is 0.152 e. The molecule has 0 amide bonds. The molecule has 0 aromatic heterocycles. The van der Waals surface area contributed by atoms with Crippen molar-refractivity contribution in [1.29, 1.82) is 0 Å². The second kappa shape index (κ2) is 5.82. The van der Waals surface area contributed by atoms with Crippen molar-refractivity contribution in [2.45, 2.75) is 6.92 Å². The third-order valence-electron chi connectivity index (χ3n) is 2.35. The molecule has 0 bridgehead atoms. The third kappa shape index (κ3) is 3.59. The van der Waals surface area contributed by atoms with Gasteiger partial charge >= 0.3 is 0 Å². The normalized spacial score (nSPS) is 10.5. The fraction of sp³-hybridized carbons (Fsp3) is 0.0625.